The highest BCUT2D eigenvalue weighted by Crippen LogP contribution is 2.11. The third-order valence-electron chi connectivity index (χ3n) is 2.63. The second-order valence-electron chi connectivity index (χ2n) is 4.87. The van der Waals surface area contributed by atoms with Crippen molar-refractivity contribution in [2.75, 3.05) is 34.2 Å². The predicted molar refractivity (Wildman–Crippen MR) is 63.5 cm³/mol. The van der Waals surface area contributed by atoms with Crippen molar-refractivity contribution in [1.29, 1.82) is 5.26 Å². The molecule has 0 rings (SSSR count). The molecule has 2 unspecified atom stereocenters. The molecular weight excluding hydrogens is 188 g/mol. The summed E-state index contributed by atoms with van der Waals surface area (Å²) in [4.78, 5) is 4.39. The minimum atomic E-state index is -0.716. The van der Waals surface area contributed by atoms with E-state index in [2.05, 4.69) is 43.9 Å². The topological polar surface area (TPSA) is 56.3 Å². The highest BCUT2D eigenvalue weighted by molar-refractivity contribution is 5.02. The molecule has 0 amide bonds. The molecule has 0 aromatic heterocycles. The number of hydrogen-bond acceptors (Lipinski definition) is 4. The molecule has 0 aromatic carbocycles. The van der Waals surface area contributed by atoms with E-state index in [1.807, 2.05) is 0 Å². The second-order valence-corrected chi connectivity index (χ2v) is 4.87. The van der Waals surface area contributed by atoms with Gasteiger partial charge in [0.1, 0.15) is 5.54 Å². The largest absolute Gasteiger partial charge is 0.314 e. The lowest BCUT2D eigenvalue weighted by atomic mass is 9.96. The second kappa shape index (κ2) is 6.06. The molecule has 0 saturated carbocycles. The summed E-state index contributed by atoms with van der Waals surface area (Å²) in [5, 5.41) is 8.84. The Morgan fingerprint density at radius 1 is 1.33 bits per heavy atom. The lowest BCUT2D eigenvalue weighted by Crippen LogP contribution is -2.44. The number of hydrogen-bond donors (Lipinski definition) is 1. The Morgan fingerprint density at radius 2 is 1.87 bits per heavy atom. The molecule has 0 aliphatic heterocycles. The Kier molecular flexibility index (Phi) is 5.81. The molecule has 0 bridgehead atoms. The van der Waals surface area contributed by atoms with E-state index in [-0.39, 0.29) is 0 Å². The first-order valence-corrected chi connectivity index (χ1v) is 5.33. The lowest BCUT2D eigenvalue weighted by molar-refractivity contribution is 0.205. The highest BCUT2D eigenvalue weighted by Gasteiger charge is 2.22. The molecular formula is C11H24N4. The van der Waals surface area contributed by atoms with Crippen molar-refractivity contribution >= 4 is 0 Å². The number of nitriles is 1. The van der Waals surface area contributed by atoms with Crippen LogP contribution < -0.4 is 5.73 Å². The third kappa shape index (κ3) is 6.45. The van der Waals surface area contributed by atoms with E-state index in [1.54, 1.807) is 6.92 Å². The van der Waals surface area contributed by atoms with Crippen molar-refractivity contribution in [3.05, 3.63) is 0 Å². The van der Waals surface area contributed by atoms with Gasteiger partial charge in [0.2, 0.25) is 0 Å². The Hall–Kier alpha value is -0.630. The first-order valence-electron chi connectivity index (χ1n) is 5.33. The van der Waals surface area contributed by atoms with Gasteiger partial charge in [-0.2, -0.15) is 5.26 Å². The average molecular weight is 212 g/mol. The standard InChI is InChI=1S/C11H24N4/c1-10(8-11(2,13)9-12)15(5)7-6-14(3)4/h10H,6-8,13H2,1-5H3. The van der Waals surface area contributed by atoms with Crippen LogP contribution in [0.2, 0.25) is 0 Å². The fourth-order valence-electron chi connectivity index (χ4n) is 1.39. The number of likely N-dealkylation sites (N-methyl/N-ethyl adjacent to an activating group) is 2. The zero-order valence-corrected chi connectivity index (χ0v) is 10.6. The van der Waals surface area contributed by atoms with Crippen LogP contribution in [0.15, 0.2) is 0 Å². The average Bonchev–Trinajstić information content (AvgIpc) is 2.13. The monoisotopic (exact) mass is 212 g/mol. The van der Waals surface area contributed by atoms with E-state index in [4.69, 9.17) is 11.0 Å². The predicted octanol–water partition coefficient (Wildman–Crippen LogP) is 0.499. The maximum absolute atomic E-state index is 8.84. The number of nitrogens with zero attached hydrogens (tertiary/aromatic N) is 3. The smallest absolute Gasteiger partial charge is 0.102 e. The molecule has 88 valence electrons. The van der Waals surface area contributed by atoms with E-state index in [0.717, 1.165) is 13.1 Å². The molecule has 0 aliphatic carbocycles. The van der Waals surface area contributed by atoms with E-state index >= 15 is 0 Å². The van der Waals surface area contributed by atoms with Gasteiger partial charge < -0.3 is 15.5 Å². The van der Waals surface area contributed by atoms with Crippen molar-refractivity contribution in [3.8, 4) is 6.07 Å². The van der Waals surface area contributed by atoms with Gasteiger partial charge in [-0.3, -0.25) is 0 Å². The summed E-state index contributed by atoms with van der Waals surface area (Å²) in [7, 11) is 6.18. The summed E-state index contributed by atoms with van der Waals surface area (Å²) < 4.78 is 0. The van der Waals surface area contributed by atoms with E-state index in [1.165, 1.54) is 0 Å². The van der Waals surface area contributed by atoms with Gasteiger partial charge in [-0.05, 0) is 41.4 Å². The Morgan fingerprint density at radius 3 is 2.27 bits per heavy atom. The quantitative estimate of drug-likeness (QED) is 0.696. The van der Waals surface area contributed by atoms with Crippen LogP contribution in [0, 0.1) is 11.3 Å². The summed E-state index contributed by atoms with van der Waals surface area (Å²) in [5.74, 6) is 0. The van der Waals surface area contributed by atoms with Gasteiger partial charge in [-0.25, -0.2) is 0 Å². The molecule has 0 aliphatic rings. The SMILES string of the molecule is CC(CC(C)(N)C#N)N(C)CCN(C)C. The fourth-order valence-corrected chi connectivity index (χ4v) is 1.39. The van der Waals surface area contributed by atoms with Crippen LogP contribution in [0.4, 0.5) is 0 Å². The van der Waals surface area contributed by atoms with Crippen molar-refractivity contribution < 1.29 is 0 Å². The molecule has 0 fully saturated rings. The van der Waals surface area contributed by atoms with Gasteiger partial charge in [0, 0.05) is 19.1 Å². The van der Waals surface area contributed by atoms with E-state index in [9.17, 15) is 0 Å². The molecule has 4 nitrogen and oxygen atoms in total. The maximum Gasteiger partial charge on any atom is 0.102 e. The molecule has 0 saturated heterocycles. The number of nitrogens with two attached hydrogens (primary N) is 1. The van der Waals surface area contributed by atoms with Crippen molar-refractivity contribution in [1.82, 2.24) is 9.80 Å². The van der Waals surface area contributed by atoms with Gasteiger partial charge in [-0.15, -0.1) is 0 Å². The summed E-state index contributed by atoms with van der Waals surface area (Å²) in [5.41, 5.74) is 5.10. The molecule has 2 atom stereocenters. The first kappa shape index (κ1) is 14.4. The minimum absolute atomic E-state index is 0.333. The Balaban J connectivity index is 4.00. The van der Waals surface area contributed by atoms with Crippen LogP contribution in [0.5, 0.6) is 0 Å². The molecule has 0 radical (unpaired) electrons. The van der Waals surface area contributed by atoms with Crippen molar-refractivity contribution in [2.45, 2.75) is 31.8 Å². The van der Waals surface area contributed by atoms with Crippen LogP contribution in [-0.4, -0.2) is 55.6 Å². The van der Waals surface area contributed by atoms with Gasteiger partial charge in [0.15, 0.2) is 0 Å². The summed E-state index contributed by atoms with van der Waals surface area (Å²) >= 11 is 0. The number of rotatable bonds is 6. The summed E-state index contributed by atoms with van der Waals surface area (Å²) in [6.45, 7) is 5.91. The zero-order valence-electron chi connectivity index (χ0n) is 10.6. The van der Waals surface area contributed by atoms with E-state index in [0.29, 0.717) is 12.5 Å². The zero-order chi connectivity index (χ0) is 12.1. The summed E-state index contributed by atoms with van der Waals surface area (Å²) in [6.07, 6.45) is 0.702. The third-order valence-corrected chi connectivity index (χ3v) is 2.63. The van der Waals surface area contributed by atoms with Gasteiger partial charge in [0.25, 0.3) is 0 Å². The van der Waals surface area contributed by atoms with E-state index < -0.39 is 5.54 Å². The van der Waals surface area contributed by atoms with Gasteiger partial charge in [-0.1, -0.05) is 0 Å². The van der Waals surface area contributed by atoms with Crippen LogP contribution >= 0.6 is 0 Å². The van der Waals surface area contributed by atoms with Crippen LogP contribution in [0.1, 0.15) is 20.3 Å². The molecule has 2 N–H and O–H groups in total. The highest BCUT2D eigenvalue weighted by atomic mass is 15.2. The van der Waals surface area contributed by atoms with Crippen molar-refractivity contribution in [3.63, 3.8) is 0 Å². The maximum atomic E-state index is 8.84. The van der Waals surface area contributed by atoms with Crippen LogP contribution in [-0.2, 0) is 0 Å². The first-order chi connectivity index (χ1) is 6.78. The fraction of sp³-hybridized carbons (Fsp3) is 0.909. The molecule has 0 spiro atoms. The molecule has 15 heavy (non-hydrogen) atoms. The van der Waals surface area contributed by atoms with Crippen LogP contribution in [0.25, 0.3) is 0 Å². The molecule has 4 heteroatoms. The molecule has 0 heterocycles. The lowest BCUT2D eigenvalue weighted by Gasteiger charge is -2.29. The van der Waals surface area contributed by atoms with Crippen molar-refractivity contribution in [2.24, 2.45) is 5.73 Å². The van der Waals surface area contributed by atoms with Crippen LogP contribution in [0.3, 0.4) is 0 Å². The Labute approximate surface area is 93.6 Å². The molecule has 0 aromatic rings. The Bertz CT molecular complexity index is 217. The summed E-state index contributed by atoms with van der Waals surface area (Å²) in [6, 6.07) is 2.47. The normalized spacial score (nSPS) is 17.5. The van der Waals surface area contributed by atoms with Gasteiger partial charge >= 0.3 is 0 Å². The minimum Gasteiger partial charge on any atom is -0.314 e. The van der Waals surface area contributed by atoms with Gasteiger partial charge in [0.05, 0.1) is 6.07 Å².